The number of piperazine rings is 1. The molecule has 0 saturated carbocycles. The molecule has 1 aliphatic heterocycles. The largest absolute Gasteiger partial charge is 0.322 e. The van der Waals surface area contributed by atoms with Gasteiger partial charge in [-0.25, -0.2) is 4.79 Å². The normalized spacial score (nSPS) is 15.9. The smallest absolute Gasteiger partial charge is 0.321 e. The van der Waals surface area contributed by atoms with Crippen molar-refractivity contribution in [1.82, 2.24) is 9.80 Å². The summed E-state index contributed by atoms with van der Waals surface area (Å²) in [5, 5.41) is 3.53. The number of rotatable bonds is 3. The summed E-state index contributed by atoms with van der Waals surface area (Å²) in [5.74, 6) is 0. The van der Waals surface area contributed by atoms with Crippen LogP contribution in [-0.2, 0) is 0 Å². The van der Waals surface area contributed by atoms with Crippen molar-refractivity contribution in [2.24, 2.45) is 0 Å². The summed E-state index contributed by atoms with van der Waals surface area (Å²) in [6.45, 7) is 11.8. The van der Waals surface area contributed by atoms with Crippen LogP contribution in [0.25, 0.3) is 0 Å². The minimum absolute atomic E-state index is 0.0814. The number of amides is 2. The van der Waals surface area contributed by atoms with E-state index in [0.29, 0.717) is 10.7 Å². The maximum Gasteiger partial charge on any atom is 0.321 e. The molecule has 0 spiro atoms. The fourth-order valence-electron chi connectivity index (χ4n) is 2.58. The molecule has 0 aliphatic carbocycles. The van der Waals surface area contributed by atoms with Gasteiger partial charge in [-0.05, 0) is 31.0 Å². The number of nitrogens with zero attached hydrogens (tertiary/aromatic N) is 2. The highest BCUT2D eigenvalue weighted by atomic mass is 35.5. The van der Waals surface area contributed by atoms with Crippen LogP contribution in [0.4, 0.5) is 10.5 Å². The van der Waals surface area contributed by atoms with E-state index in [1.165, 1.54) is 0 Å². The second kappa shape index (κ2) is 6.96. The van der Waals surface area contributed by atoms with Crippen molar-refractivity contribution in [2.45, 2.75) is 13.8 Å². The molecule has 1 heterocycles. The van der Waals surface area contributed by atoms with Gasteiger partial charge in [-0.15, -0.1) is 6.58 Å². The summed E-state index contributed by atoms with van der Waals surface area (Å²) in [6.07, 6.45) is 1.89. The number of carbonyl (C=O) groups excluding carboxylic acids is 1. The van der Waals surface area contributed by atoms with Crippen molar-refractivity contribution in [3.8, 4) is 0 Å². The number of carbonyl (C=O) groups is 1. The maximum atomic E-state index is 12.3. The van der Waals surface area contributed by atoms with Gasteiger partial charge in [0.15, 0.2) is 0 Å². The topological polar surface area (TPSA) is 35.6 Å². The lowest BCUT2D eigenvalue weighted by atomic mass is 10.1. The zero-order valence-electron chi connectivity index (χ0n) is 12.7. The van der Waals surface area contributed by atoms with Crippen molar-refractivity contribution >= 4 is 23.3 Å². The van der Waals surface area contributed by atoms with Crippen molar-refractivity contribution in [2.75, 3.05) is 38.0 Å². The number of nitrogens with one attached hydrogen (secondary N) is 1. The Bertz CT molecular complexity index is 513. The van der Waals surface area contributed by atoms with Crippen LogP contribution in [0.2, 0.25) is 5.02 Å². The summed E-state index contributed by atoms with van der Waals surface area (Å²) in [5.41, 5.74) is 2.79. The zero-order chi connectivity index (χ0) is 15.4. The van der Waals surface area contributed by atoms with Gasteiger partial charge >= 0.3 is 6.03 Å². The Morgan fingerprint density at radius 1 is 1.33 bits per heavy atom. The third-order valence-electron chi connectivity index (χ3n) is 3.71. The predicted octanol–water partition coefficient (Wildman–Crippen LogP) is 3.29. The van der Waals surface area contributed by atoms with Gasteiger partial charge in [-0.3, -0.25) is 4.90 Å². The highest BCUT2D eigenvalue weighted by Crippen LogP contribution is 2.27. The molecule has 21 heavy (non-hydrogen) atoms. The Balaban J connectivity index is 1.98. The van der Waals surface area contributed by atoms with Gasteiger partial charge in [0.05, 0.1) is 10.7 Å². The van der Waals surface area contributed by atoms with Crippen molar-refractivity contribution < 1.29 is 4.79 Å². The predicted molar refractivity (Wildman–Crippen MR) is 88.2 cm³/mol. The lowest BCUT2D eigenvalue weighted by Gasteiger charge is -2.34. The van der Waals surface area contributed by atoms with Crippen LogP contribution in [0.15, 0.2) is 24.8 Å². The molecule has 114 valence electrons. The van der Waals surface area contributed by atoms with E-state index in [1.807, 2.05) is 37.0 Å². The van der Waals surface area contributed by atoms with Gasteiger partial charge in [0.1, 0.15) is 0 Å². The van der Waals surface area contributed by atoms with Crippen molar-refractivity contribution in [3.05, 3.63) is 40.9 Å². The second-order valence-corrected chi connectivity index (χ2v) is 5.85. The third-order valence-corrected chi connectivity index (χ3v) is 4.01. The molecule has 1 aliphatic rings. The maximum absolute atomic E-state index is 12.3. The summed E-state index contributed by atoms with van der Waals surface area (Å²) in [7, 11) is 0. The minimum Gasteiger partial charge on any atom is -0.322 e. The van der Waals surface area contributed by atoms with Crippen LogP contribution in [0.1, 0.15) is 11.1 Å². The van der Waals surface area contributed by atoms with Crippen LogP contribution >= 0.6 is 11.6 Å². The Hall–Kier alpha value is -1.52. The van der Waals surface area contributed by atoms with E-state index in [2.05, 4.69) is 16.8 Å². The molecule has 5 heteroatoms. The number of anilines is 1. The molecule has 0 radical (unpaired) electrons. The second-order valence-electron chi connectivity index (χ2n) is 5.45. The van der Waals surface area contributed by atoms with Crippen LogP contribution in [0.3, 0.4) is 0 Å². The van der Waals surface area contributed by atoms with E-state index in [4.69, 9.17) is 11.6 Å². The van der Waals surface area contributed by atoms with E-state index in [0.717, 1.165) is 43.9 Å². The summed E-state index contributed by atoms with van der Waals surface area (Å²) in [4.78, 5) is 16.4. The van der Waals surface area contributed by atoms with Crippen LogP contribution in [-0.4, -0.2) is 48.6 Å². The molecule has 1 N–H and O–H groups in total. The lowest BCUT2D eigenvalue weighted by Crippen LogP contribution is -2.50. The number of hydrogen-bond donors (Lipinski definition) is 1. The summed E-state index contributed by atoms with van der Waals surface area (Å²) < 4.78 is 0. The minimum atomic E-state index is -0.0814. The average molecular weight is 308 g/mol. The highest BCUT2D eigenvalue weighted by molar-refractivity contribution is 6.34. The molecule has 4 nitrogen and oxygen atoms in total. The SMILES string of the molecule is C=CCN1CCN(C(=O)Nc2c(C)cc(C)cc2Cl)CC1. The van der Waals surface area contributed by atoms with Crippen LogP contribution in [0, 0.1) is 13.8 Å². The number of aryl methyl sites for hydroxylation is 2. The molecular formula is C16H22ClN3O. The van der Waals surface area contributed by atoms with E-state index in [9.17, 15) is 4.79 Å². The summed E-state index contributed by atoms with van der Waals surface area (Å²) in [6, 6.07) is 3.80. The van der Waals surface area contributed by atoms with E-state index in [-0.39, 0.29) is 6.03 Å². The molecule has 2 rings (SSSR count). The Morgan fingerprint density at radius 2 is 2.00 bits per heavy atom. The van der Waals surface area contributed by atoms with E-state index >= 15 is 0 Å². The molecular weight excluding hydrogens is 286 g/mol. The lowest BCUT2D eigenvalue weighted by molar-refractivity contribution is 0.156. The first-order valence-corrected chi connectivity index (χ1v) is 7.55. The first-order valence-electron chi connectivity index (χ1n) is 7.17. The quantitative estimate of drug-likeness (QED) is 0.870. The van der Waals surface area contributed by atoms with Crippen LogP contribution in [0.5, 0.6) is 0 Å². The fourth-order valence-corrected chi connectivity index (χ4v) is 2.94. The first kappa shape index (κ1) is 15.9. The Labute approximate surface area is 131 Å². The first-order chi connectivity index (χ1) is 10.0. The van der Waals surface area contributed by atoms with E-state index in [1.54, 1.807) is 0 Å². The number of benzene rings is 1. The zero-order valence-corrected chi connectivity index (χ0v) is 13.4. The highest BCUT2D eigenvalue weighted by Gasteiger charge is 2.21. The fraction of sp³-hybridized carbons (Fsp3) is 0.438. The van der Waals surface area contributed by atoms with Gasteiger partial charge in [0.25, 0.3) is 0 Å². The molecule has 0 unspecified atom stereocenters. The average Bonchev–Trinajstić information content (AvgIpc) is 2.43. The third kappa shape index (κ3) is 3.99. The van der Waals surface area contributed by atoms with Gasteiger partial charge in [0, 0.05) is 32.7 Å². The van der Waals surface area contributed by atoms with Crippen LogP contribution < -0.4 is 5.32 Å². The van der Waals surface area contributed by atoms with Gasteiger partial charge in [-0.1, -0.05) is 23.7 Å². The molecule has 0 aromatic heterocycles. The van der Waals surface area contributed by atoms with Crippen molar-refractivity contribution in [1.29, 1.82) is 0 Å². The monoisotopic (exact) mass is 307 g/mol. The standard InChI is InChI=1S/C16H22ClN3O/c1-4-5-19-6-8-20(9-7-19)16(21)18-15-13(3)10-12(2)11-14(15)17/h4,10-11H,1,5-9H2,2-3H3,(H,18,21). The van der Waals surface area contributed by atoms with Gasteiger partial charge < -0.3 is 10.2 Å². The van der Waals surface area contributed by atoms with Crippen molar-refractivity contribution in [3.63, 3.8) is 0 Å². The molecule has 0 atom stereocenters. The number of halogens is 1. The molecule has 2 amide bonds. The van der Waals surface area contributed by atoms with Gasteiger partial charge in [-0.2, -0.15) is 0 Å². The Kier molecular flexibility index (Phi) is 5.26. The van der Waals surface area contributed by atoms with Gasteiger partial charge in [0.2, 0.25) is 0 Å². The summed E-state index contributed by atoms with van der Waals surface area (Å²) >= 11 is 6.23. The molecule has 1 fully saturated rings. The Morgan fingerprint density at radius 3 is 2.57 bits per heavy atom. The molecule has 1 aromatic carbocycles. The molecule has 1 aromatic rings. The molecule has 0 bridgehead atoms. The van der Waals surface area contributed by atoms with E-state index < -0.39 is 0 Å². The number of urea groups is 1. The molecule has 1 saturated heterocycles. The number of hydrogen-bond acceptors (Lipinski definition) is 2.